The molecule has 4 amide bonds. The molecule has 10 heteroatoms. The average Bonchev–Trinajstić information content (AvgIpc) is 2.75. The van der Waals surface area contributed by atoms with E-state index in [1.54, 1.807) is 24.3 Å². The van der Waals surface area contributed by atoms with Crippen molar-refractivity contribution in [1.82, 2.24) is 16.2 Å². The van der Waals surface area contributed by atoms with E-state index in [0.717, 1.165) is 0 Å². The first-order valence-corrected chi connectivity index (χ1v) is 10.2. The average molecular weight is 461 g/mol. The lowest BCUT2D eigenvalue weighted by molar-refractivity contribution is -0.124. The molecule has 0 saturated carbocycles. The maximum Gasteiger partial charge on any atom is 0.269 e. The van der Waals surface area contributed by atoms with Crippen LogP contribution in [0.5, 0.6) is 5.75 Å². The van der Waals surface area contributed by atoms with E-state index in [9.17, 15) is 19.2 Å². The molecule has 0 saturated heterocycles. The van der Waals surface area contributed by atoms with Gasteiger partial charge in [0.1, 0.15) is 11.8 Å². The van der Waals surface area contributed by atoms with Crippen molar-refractivity contribution < 1.29 is 23.9 Å². The van der Waals surface area contributed by atoms with Crippen molar-refractivity contribution in [2.45, 2.75) is 38.8 Å². The SMILES string of the molecule is CC(C)Oc1ccc(C(=O)NNC(=O)C(CCC(N)=O)NC(=O)c2ccc(Cl)cc2)cc1. The van der Waals surface area contributed by atoms with Crippen LogP contribution in [0.2, 0.25) is 5.02 Å². The van der Waals surface area contributed by atoms with Gasteiger partial charge in [-0.3, -0.25) is 30.0 Å². The lowest BCUT2D eigenvalue weighted by atomic mass is 10.1. The first kappa shape index (κ1) is 24.7. The Hall–Kier alpha value is -3.59. The summed E-state index contributed by atoms with van der Waals surface area (Å²) in [5.41, 5.74) is 10.3. The summed E-state index contributed by atoms with van der Waals surface area (Å²) in [5, 5.41) is 2.98. The van der Waals surface area contributed by atoms with E-state index in [4.69, 9.17) is 22.1 Å². The van der Waals surface area contributed by atoms with Crippen molar-refractivity contribution >= 4 is 35.2 Å². The maximum atomic E-state index is 12.6. The van der Waals surface area contributed by atoms with Gasteiger partial charge in [0.25, 0.3) is 17.7 Å². The smallest absolute Gasteiger partial charge is 0.269 e. The third-order valence-corrected chi connectivity index (χ3v) is 4.45. The first-order chi connectivity index (χ1) is 15.2. The highest BCUT2D eigenvalue weighted by Gasteiger charge is 2.23. The molecule has 2 aromatic rings. The van der Waals surface area contributed by atoms with Crippen molar-refractivity contribution in [2.24, 2.45) is 5.73 Å². The van der Waals surface area contributed by atoms with Gasteiger partial charge in [0.15, 0.2) is 0 Å². The van der Waals surface area contributed by atoms with Crippen LogP contribution in [-0.4, -0.2) is 35.8 Å². The summed E-state index contributed by atoms with van der Waals surface area (Å²) in [6.45, 7) is 3.77. The van der Waals surface area contributed by atoms with Gasteiger partial charge in [-0.2, -0.15) is 0 Å². The molecule has 0 radical (unpaired) electrons. The lowest BCUT2D eigenvalue weighted by Gasteiger charge is -2.18. The Morgan fingerprint density at radius 3 is 2.03 bits per heavy atom. The molecule has 0 heterocycles. The van der Waals surface area contributed by atoms with Crippen LogP contribution < -0.4 is 26.6 Å². The number of nitrogens with two attached hydrogens (primary N) is 1. The monoisotopic (exact) mass is 460 g/mol. The number of amides is 4. The molecule has 1 atom stereocenters. The van der Waals surface area contributed by atoms with Crippen LogP contribution in [-0.2, 0) is 9.59 Å². The highest BCUT2D eigenvalue weighted by Crippen LogP contribution is 2.14. The molecular formula is C22H25ClN4O5. The largest absolute Gasteiger partial charge is 0.491 e. The zero-order chi connectivity index (χ0) is 23.7. The van der Waals surface area contributed by atoms with Gasteiger partial charge in [-0.15, -0.1) is 0 Å². The molecule has 1 unspecified atom stereocenters. The van der Waals surface area contributed by atoms with Crippen LogP contribution in [0.25, 0.3) is 0 Å². The molecule has 0 aliphatic carbocycles. The van der Waals surface area contributed by atoms with Gasteiger partial charge in [-0.25, -0.2) is 0 Å². The molecule has 0 aliphatic heterocycles. The molecular weight excluding hydrogens is 436 g/mol. The first-order valence-electron chi connectivity index (χ1n) is 9.87. The summed E-state index contributed by atoms with van der Waals surface area (Å²) < 4.78 is 5.52. The van der Waals surface area contributed by atoms with Gasteiger partial charge < -0.3 is 15.8 Å². The van der Waals surface area contributed by atoms with Crippen molar-refractivity contribution in [1.29, 1.82) is 0 Å². The number of carbonyl (C=O) groups is 4. The Morgan fingerprint density at radius 2 is 1.47 bits per heavy atom. The molecule has 0 fully saturated rings. The summed E-state index contributed by atoms with van der Waals surface area (Å²) in [5.74, 6) is -1.83. The van der Waals surface area contributed by atoms with E-state index in [-0.39, 0.29) is 24.5 Å². The number of ether oxygens (including phenoxy) is 1. The highest BCUT2D eigenvalue weighted by atomic mass is 35.5. The molecule has 0 bridgehead atoms. The van der Waals surface area contributed by atoms with Crippen LogP contribution in [0.3, 0.4) is 0 Å². The van der Waals surface area contributed by atoms with Gasteiger partial charge in [-0.05, 0) is 68.8 Å². The molecule has 2 aromatic carbocycles. The number of nitrogens with one attached hydrogen (secondary N) is 3. The molecule has 170 valence electrons. The molecule has 0 spiro atoms. The molecule has 9 nitrogen and oxygen atoms in total. The van der Waals surface area contributed by atoms with Gasteiger partial charge in [0, 0.05) is 22.6 Å². The van der Waals surface area contributed by atoms with E-state index in [1.807, 2.05) is 13.8 Å². The number of hydrogen-bond acceptors (Lipinski definition) is 5. The zero-order valence-electron chi connectivity index (χ0n) is 17.7. The quantitative estimate of drug-likeness (QED) is 0.423. The number of halogens is 1. The zero-order valence-corrected chi connectivity index (χ0v) is 18.4. The summed E-state index contributed by atoms with van der Waals surface area (Å²) in [4.78, 5) is 48.4. The minimum absolute atomic E-state index is 0.00520. The van der Waals surface area contributed by atoms with Crippen LogP contribution in [0.4, 0.5) is 0 Å². The fourth-order valence-electron chi connectivity index (χ4n) is 2.63. The molecule has 0 aromatic heterocycles. The fourth-order valence-corrected chi connectivity index (χ4v) is 2.76. The van der Waals surface area contributed by atoms with Gasteiger partial charge in [0.2, 0.25) is 5.91 Å². The van der Waals surface area contributed by atoms with Crippen molar-refractivity contribution in [3.8, 4) is 5.75 Å². The minimum atomic E-state index is -1.10. The second kappa shape index (κ2) is 11.7. The Kier molecular flexibility index (Phi) is 9.03. The summed E-state index contributed by atoms with van der Waals surface area (Å²) in [6.07, 6.45) is -0.184. The number of benzene rings is 2. The number of carbonyl (C=O) groups excluding carboxylic acids is 4. The molecule has 5 N–H and O–H groups in total. The van der Waals surface area contributed by atoms with Crippen molar-refractivity contribution in [3.05, 3.63) is 64.7 Å². The maximum absolute atomic E-state index is 12.6. The van der Waals surface area contributed by atoms with Crippen LogP contribution in [0.1, 0.15) is 47.4 Å². The van der Waals surface area contributed by atoms with E-state index in [1.165, 1.54) is 24.3 Å². The second-order valence-corrected chi connectivity index (χ2v) is 7.61. The Balaban J connectivity index is 1.99. The van der Waals surface area contributed by atoms with Crippen molar-refractivity contribution in [3.63, 3.8) is 0 Å². The van der Waals surface area contributed by atoms with Crippen molar-refractivity contribution in [2.75, 3.05) is 0 Å². The van der Waals surface area contributed by atoms with E-state index >= 15 is 0 Å². The van der Waals surface area contributed by atoms with Crippen LogP contribution in [0.15, 0.2) is 48.5 Å². The summed E-state index contributed by atoms with van der Waals surface area (Å²) in [7, 11) is 0. The molecule has 0 aliphatic rings. The summed E-state index contributed by atoms with van der Waals surface area (Å²) in [6, 6.07) is 11.3. The Morgan fingerprint density at radius 1 is 0.906 bits per heavy atom. The number of hydrogen-bond donors (Lipinski definition) is 4. The predicted octanol–water partition coefficient (Wildman–Crippen LogP) is 1.95. The number of primary amides is 1. The molecule has 2 rings (SSSR count). The topological polar surface area (TPSA) is 140 Å². The highest BCUT2D eigenvalue weighted by molar-refractivity contribution is 6.30. The standard InChI is InChI=1S/C22H25ClN4O5/c1-13(2)32-17-9-5-15(6-10-17)21(30)26-27-22(31)18(11-12-19(24)28)25-20(29)14-3-7-16(23)8-4-14/h3-10,13,18H,11-12H2,1-2H3,(H2,24,28)(H,25,29)(H,26,30)(H,27,31). The third-order valence-electron chi connectivity index (χ3n) is 4.20. The van der Waals surface area contributed by atoms with Crippen LogP contribution in [0, 0.1) is 0 Å². The minimum Gasteiger partial charge on any atom is -0.491 e. The van der Waals surface area contributed by atoms with E-state index < -0.39 is 29.7 Å². The fraction of sp³-hybridized carbons (Fsp3) is 0.273. The normalized spacial score (nSPS) is 11.4. The van der Waals surface area contributed by atoms with Crippen LogP contribution >= 0.6 is 11.6 Å². The number of hydrazine groups is 1. The van der Waals surface area contributed by atoms with E-state index in [0.29, 0.717) is 16.3 Å². The third kappa shape index (κ3) is 7.92. The number of rotatable bonds is 9. The van der Waals surface area contributed by atoms with E-state index in [2.05, 4.69) is 16.2 Å². The predicted molar refractivity (Wildman–Crippen MR) is 119 cm³/mol. The Labute approximate surface area is 190 Å². The van der Waals surface area contributed by atoms with Gasteiger partial charge in [-0.1, -0.05) is 11.6 Å². The second-order valence-electron chi connectivity index (χ2n) is 7.17. The molecule has 32 heavy (non-hydrogen) atoms. The van der Waals surface area contributed by atoms with Gasteiger partial charge in [0.05, 0.1) is 6.10 Å². The summed E-state index contributed by atoms with van der Waals surface area (Å²) >= 11 is 5.81. The van der Waals surface area contributed by atoms with Gasteiger partial charge >= 0.3 is 0 Å². The lowest BCUT2D eigenvalue weighted by Crippen LogP contribution is -2.52. The Bertz CT molecular complexity index is 961.